The van der Waals surface area contributed by atoms with Gasteiger partial charge < -0.3 is 15.4 Å². The fourth-order valence-corrected chi connectivity index (χ4v) is 3.02. The highest BCUT2D eigenvalue weighted by Crippen LogP contribution is 2.24. The second-order valence-corrected chi connectivity index (χ2v) is 6.57. The summed E-state index contributed by atoms with van der Waals surface area (Å²) in [5.74, 6) is 0.856. The number of nitrogens with zero attached hydrogens (tertiary/aromatic N) is 1. The first-order valence-electron chi connectivity index (χ1n) is 7.64. The third-order valence-electron chi connectivity index (χ3n) is 3.94. The molecule has 2 N–H and O–H groups in total. The summed E-state index contributed by atoms with van der Waals surface area (Å²) in [6, 6.07) is 15.4. The predicted octanol–water partition coefficient (Wildman–Crippen LogP) is 3.20. The van der Waals surface area contributed by atoms with Gasteiger partial charge in [0.2, 0.25) is 0 Å². The van der Waals surface area contributed by atoms with Crippen LogP contribution in [0.1, 0.15) is 22.3 Å². The van der Waals surface area contributed by atoms with Gasteiger partial charge in [-0.2, -0.15) is 0 Å². The average molecular weight is 375 g/mol. The molecule has 5 heteroatoms. The van der Waals surface area contributed by atoms with Crippen LogP contribution in [0.3, 0.4) is 0 Å². The molecule has 4 nitrogen and oxygen atoms in total. The molecule has 1 aliphatic heterocycles. The smallest absolute Gasteiger partial charge is 0.253 e. The van der Waals surface area contributed by atoms with Crippen LogP contribution in [0.4, 0.5) is 0 Å². The lowest BCUT2D eigenvalue weighted by atomic mass is 10.1. The number of halogens is 1. The van der Waals surface area contributed by atoms with Crippen molar-refractivity contribution in [2.24, 2.45) is 5.73 Å². The molecule has 1 atom stereocenters. The lowest BCUT2D eigenvalue weighted by molar-refractivity contribution is 0.0791. The number of benzene rings is 2. The Balaban J connectivity index is 1.61. The van der Waals surface area contributed by atoms with Gasteiger partial charge in [-0.25, -0.2) is 0 Å². The topological polar surface area (TPSA) is 55.6 Å². The molecule has 0 unspecified atom stereocenters. The summed E-state index contributed by atoms with van der Waals surface area (Å²) in [5, 5.41) is 0. The number of rotatable bonds is 4. The number of hydrogen-bond donors (Lipinski definition) is 1. The normalized spacial score (nSPS) is 17.3. The molecule has 1 amide bonds. The van der Waals surface area contributed by atoms with E-state index in [2.05, 4.69) is 15.9 Å². The number of hydrogen-bond acceptors (Lipinski definition) is 3. The highest BCUT2D eigenvalue weighted by atomic mass is 79.9. The maximum atomic E-state index is 12.4. The van der Waals surface area contributed by atoms with Gasteiger partial charge in [-0.1, -0.05) is 24.3 Å². The first kappa shape index (κ1) is 16.0. The van der Waals surface area contributed by atoms with Crippen LogP contribution >= 0.6 is 15.9 Å². The van der Waals surface area contributed by atoms with Crippen molar-refractivity contribution < 1.29 is 9.53 Å². The molecule has 1 fully saturated rings. The fourth-order valence-electron chi connectivity index (χ4n) is 2.62. The number of carbonyl (C=O) groups is 1. The van der Waals surface area contributed by atoms with Crippen molar-refractivity contribution in [3.05, 3.63) is 64.1 Å². The molecule has 0 spiro atoms. The Hall–Kier alpha value is -1.85. The molecule has 3 rings (SSSR count). The van der Waals surface area contributed by atoms with Gasteiger partial charge in [-0.05, 0) is 52.2 Å². The third kappa shape index (κ3) is 3.92. The van der Waals surface area contributed by atoms with E-state index in [1.54, 1.807) is 0 Å². The zero-order chi connectivity index (χ0) is 16.2. The Labute approximate surface area is 144 Å². The summed E-state index contributed by atoms with van der Waals surface area (Å²) in [4.78, 5) is 14.2. The molecule has 2 aromatic rings. The Bertz CT molecular complexity index is 688. The van der Waals surface area contributed by atoms with E-state index < -0.39 is 0 Å². The zero-order valence-corrected chi connectivity index (χ0v) is 14.3. The predicted molar refractivity (Wildman–Crippen MR) is 93.4 cm³/mol. The largest absolute Gasteiger partial charge is 0.488 e. The SMILES string of the molecule is N[C@@H]1CCN(C(=O)c2ccc(COc3ccccc3Br)cc2)C1. The number of nitrogens with two attached hydrogens (primary N) is 1. The molecular weight excluding hydrogens is 356 g/mol. The lowest BCUT2D eigenvalue weighted by Gasteiger charge is -2.16. The summed E-state index contributed by atoms with van der Waals surface area (Å²) in [7, 11) is 0. The molecule has 1 saturated heterocycles. The molecule has 0 radical (unpaired) electrons. The van der Waals surface area contributed by atoms with Crippen LogP contribution in [0, 0.1) is 0 Å². The van der Waals surface area contributed by atoms with Crippen LogP contribution in [0.25, 0.3) is 0 Å². The van der Waals surface area contributed by atoms with E-state index in [0.29, 0.717) is 18.7 Å². The molecule has 2 aromatic carbocycles. The van der Waals surface area contributed by atoms with E-state index in [9.17, 15) is 4.79 Å². The standard InChI is InChI=1S/C18H19BrN2O2/c19-16-3-1-2-4-17(16)23-12-13-5-7-14(8-6-13)18(22)21-10-9-15(20)11-21/h1-8,15H,9-12,20H2/t15-/m1/s1. The van der Waals surface area contributed by atoms with Gasteiger partial charge >= 0.3 is 0 Å². The van der Waals surface area contributed by atoms with E-state index >= 15 is 0 Å². The molecule has 0 bridgehead atoms. The van der Waals surface area contributed by atoms with Crippen molar-refractivity contribution in [2.45, 2.75) is 19.1 Å². The fraction of sp³-hybridized carbons (Fsp3) is 0.278. The second-order valence-electron chi connectivity index (χ2n) is 5.72. The highest BCUT2D eigenvalue weighted by Gasteiger charge is 2.24. The molecule has 1 heterocycles. The van der Waals surface area contributed by atoms with Gasteiger partial charge in [0.25, 0.3) is 5.91 Å². The average Bonchev–Trinajstić information content (AvgIpc) is 3.00. The summed E-state index contributed by atoms with van der Waals surface area (Å²) >= 11 is 3.46. The van der Waals surface area contributed by atoms with Crippen molar-refractivity contribution in [1.29, 1.82) is 0 Å². The molecule has 0 aromatic heterocycles. The Morgan fingerprint density at radius 2 is 1.96 bits per heavy atom. The van der Waals surface area contributed by atoms with Crippen molar-refractivity contribution in [3.8, 4) is 5.75 Å². The number of ether oxygens (including phenoxy) is 1. The number of likely N-dealkylation sites (tertiary alicyclic amines) is 1. The number of amides is 1. The van der Waals surface area contributed by atoms with Gasteiger partial charge in [-0.3, -0.25) is 4.79 Å². The van der Waals surface area contributed by atoms with Gasteiger partial charge in [0.1, 0.15) is 12.4 Å². The molecule has 23 heavy (non-hydrogen) atoms. The minimum atomic E-state index is 0.0521. The summed E-state index contributed by atoms with van der Waals surface area (Å²) < 4.78 is 6.71. The highest BCUT2D eigenvalue weighted by molar-refractivity contribution is 9.10. The van der Waals surface area contributed by atoms with Crippen molar-refractivity contribution in [2.75, 3.05) is 13.1 Å². The van der Waals surface area contributed by atoms with E-state index in [0.717, 1.165) is 28.8 Å². The Kier molecular flexibility index (Phi) is 4.98. The van der Waals surface area contributed by atoms with Crippen LogP contribution < -0.4 is 10.5 Å². The first-order chi connectivity index (χ1) is 11.1. The number of para-hydroxylation sites is 1. The van der Waals surface area contributed by atoms with Crippen LogP contribution in [-0.2, 0) is 6.61 Å². The quantitative estimate of drug-likeness (QED) is 0.893. The third-order valence-corrected chi connectivity index (χ3v) is 4.60. The maximum Gasteiger partial charge on any atom is 0.253 e. The van der Waals surface area contributed by atoms with E-state index in [4.69, 9.17) is 10.5 Å². The first-order valence-corrected chi connectivity index (χ1v) is 8.44. The van der Waals surface area contributed by atoms with Gasteiger partial charge in [0.05, 0.1) is 4.47 Å². The minimum Gasteiger partial charge on any atom is -0.488 e. The summed E-state index contributed by atoms with van der Waals surface area (Å²) in [6.45, 7) is 1.85. The Morgan fingerprint density at radius 1 is 1.22 bits per heavy atom. The molecular formula is C18H19BrN2O2. The maximum absolute atomic E-state index is 12.4. The molecule has 1 aliphatic rings. The van der Waals surface area contributed by atoms with Crippen LogP contribution in [0.15, 0.2) is 53.0 Å². The van der Waals surface area contributed by atoms with Gasteiger partial charge in [0, 0.05) is 24.7 Å². The monoisotopic (exact) mass is 374 g/mol. The van der Waals surface area contributed by atoms with Gasteiger partial charge in [-0.15, -0.1) is 0 Å². The zero-order valence-electron chi connectivity index (χ0n) is 12.7. The molecule has 120 valence electrons. The van der Waals surface area contributed by atoms with E-state index in [1.807, 2.05) is 53.4 Å². The second kappa shape index (κ2) is 7.15. The molecule has 0 aliphatic carbocycles. The van der Waals surface area contributed by atoms with Crippen LogP contribution in [-0.4, -0.2) is 29.9 Å². The molecule has 0 saturated carbocycles. The van der Waals surface area contributed by atoms with Gasteiger partial charge in [0.15, 0.2) is 0 Å². The van der Waals surface area contributed by atoms with Crippen molar-refractivity contribution >= 4 is 21.8 Å². The van der Waals surface area contributed by atoms with Crippen LogP contribution in [0.5, 0.6) is 5.75 Å². The van der Waals surface area contributed by atoms with E-state index in [1.165, 1.54) is 0 Å². The van der Waals surface area contributed by atoms with Crippen molar-refractivity contribution in [1.82, 2.24) is 4.90 Å². The Morgan fingerprint density at radius 3 is 2.61 bits per heavy atom. The lowest BCUT2D eigenvalue weighted by Crippen LogP contribution is -2.31. The van der Waals surface area contributed by atoms with Crippen molar-refractivity contribution in [3.63, 3.8) is 0 Å². The number of carbonyl (C=O) groups excluding carboxylic acids is 1. The minimum absolute atomic E-state index is 0.0521. The summed E-state index contributed by atoms with van der Waals surface area (Å²) in [5.41, 5.74) is 7.58. The van der Waals surface area contributed by atoms with E-state index in [-0.39, 0.29) is 11.9 Å². The summed E-state index contributed by atoms with van der Waals surface area (Å²) in [6.07, 6.45) is 0.879. The van der Waals surface area contributed by atoms with Crippen LogP contribution in [0.2, 0.25) is 0 Å².